The van der Waals surface area contributed by atoms with Gasteiger partial charge < -0.3 is 0 Å². The van der Waals surface area contributed by atoms with E-state index in [1.807, 2.05) is 45.7 Å². The molecule has 4 aromatic rings. The van der Waals surface area contributed by atoms with E-state index in [9.17, 15) is 4.79 Å². The normalized spacial score (nSPS) is 13.5. The number of pyridine rings is 1. The maximum absolute atomic E-state index is 13.1. The number of aromatic amines is 1. The van der Waals surface area contributed by atoms with E-state index in [1.165, 1.54) is 12.8 Å². The van der Waals surface area contributed by atoms with Crippen LogP contribution in [0.5, 0.6) is 0 Å². The number of tetrazole rings is 1. The fourth-order valence-corrected chi connectivity index (χ4v) is 4.24. The lowest BCUT2D eigenvalue weighted by Crippen LogP contribution is -2.26. The van der Waals surface area contributed by atoms with Crippen molar-refractivity contribution in [3.63, 3.8) is 0 Å². The highest BCUT2D eigenvalue weighted by Gasteiger charge is 2.22. The maximum atomic E-state index is 13.1. The lowest BCUT2D eigenvalue weighted by molar-refractivity contribution is 0.567. The first-order valence-electron chi connectivity index (χ1n) is 11.8. The smallest absolute Gasteiger partial charge is 0.299 e. The van der Waals surface area contributed by atoms with E-state index in [2.05, 4.69) is 39.8 Å². The number of imidazole rings is 1. The summed E-state index contributed by atoms with van der Waals surface area (Å²) in [5.41, 5.74) is 4.91. The molecule has 0 spiro atoms. The van der Waals surface area contributed by atoms with Crippen molar-refractivity contribution >= 4 is 0 Å². The molecule has 8 heteroatoms. The molecule has 8 nitrogen and oxygen atoms in total. The third kappa shape index (κ3) is 4.79. The van der Waals surface area contributed by atoms with Crippen molar-refractivity contribution in [3.8, 4) is 22.6 Å². The predicted molar refractivity (Wildman–Crippen MR) is 127 cm³/mol. The molecular formula is C25H29N7O. The molecule has 1 aliphatic rings. The second kappa shape index (κ2) is 9.52. The minimum Gasteiger partial charge on any atom is -0.299 e. The summed E-state index contributed by atoms with van der Waals surface area (Å²) >= 11 is 0. The lowest BCUT2D eigenvalue weighted by atomic mass is 10.0. The number of benzene rings is 1. The topological polar surface area (TPSA) is 94.3 Å². The fourth-order valence-electron chi connectivity index (χ4n) is 4.24. The molecule has 3 heterocycles. The molecule has 1 aromatic carbocycles. The Morgan fingerprint density at radius 2 is 1.97 bits per heavy atom. The molecule has 0 unspecified atom stereocenters. The van der Waals surface area contributed by atoms with Crippen molar-refractivity contribution < 1.29 is 0 Å². The van der Waals surface area contributed by atoms with Gasteiger partial charge in [0, 0.05) is 35.8 Å². The summed E-state index contributed by atoms with van der Waals surface area (Å²) in [4.78, 5) is 17.8. The van der Waals surface area contributed by atoms with Gasteiger partial charge in [-0.05, 0) is 47.2 Å². The number of nitrogens with one attached hydrogen (secondary N) is 1. The summed E-state index contributed by atoms with van der Waals surface area (Å²) in [7, 11) is 0. The molecule has 1 N–H and O–H groups in total. The van der Waals surface area contributed by atoms with Gasteiger partial charge in [0.05, 0.1) is 12.2 Å². The highest BCUT2D eigenvalue weighted by Crippen LogP contribution is 2.32. The standard InChI is InChI=1S/C25H29N7O/c1-2-3-6-20-17-31(14-13-18-9-10-18)25(33)32(20)16-19-11-12-23(26-15-19)21-7-4-5-8-22(21)24-27-29-30-28-24/h4-5,7-8,11-12,15,17-18H,2-3,6,9-10,13-14,16H2,1H3,(H,27,28,29,30). The monoisotopic (exact) mass is 443 g/mol. The molecule has 3 aromatic heterocycles. The molecule has 0 radical (unpaired) electrons. The Morgan fingerprint density at radius 1 is 1.12 bits per heavy atom. The Labute approximate surface area is 192 Å². The Bertz CT molecular complexity index is 1250. The third-order valence-electron chi connectivity index (χ3n) is 6.36. The SMILES string of the molecule is CCCCc1cn(CCC2CC2)c(=O)n1Cc1ccc(-c2ccccc2-c2nnn[nH]2)nc1. The largest absolute Gasteiger partial charge is 0.328 e. The van der Waals surface area contributed by atoms with Crippen LogP contribution in [0.4, 0.5) is 0 Å². The number of hydrogen-bond acceptors (Lipinski definition) is 5. The van der Waals surface area contributed by atoms with Gasteiger partial charge in [0.25, 0.3) is 0 Å². The van der Waals surface area contributed by atoms with Gasteiger partial charge in [-0.2, -0.15) is 0 Å². The number of rotatable bonds is 10. The molecule has 0 amide bonds. The van der Waals surface area contributed by atoms with Crippen molar-refractivity contribution in [2.45, 2.75) is 58.5 Å². The Kier molecular flexibility index (Phi) is 6.15. The van der Waals surface area contributed by atoms with Gasteiger partial charge in [0.15, 0.2) is 5.82 Å². The van der Waals surface area contributed by atoms with Gasteiger partial charge in [-0.3, -0.25) is 14.1 Å². The molecule has 5 rings (SSSR count). The summed E-state index contributed by atoms with van der Waals surface area (Å²) in [6.07, 6.45) is 10.8. The average Bonchev–Trinajstić information content (AvgIpc) is 3.42. The van der Waals surface area contributed by atoms with Crippen LogP contribution in [-0.2, 0) is 19.5 Å². The quantitative estimate of drug-likeness (QED) is 0.398. The molecule has 1 fully saturated rings. The van der Waals surface area contributed by atoms with Crippen LogP contribution in [0.1, 0.15) is 50.3 Å². The van der Waals surface area contributed by atoms with Gasteiger partial charge in [-0.25, -0.2) is 9.89 Å². The Morgan fingerprint density at radius 3 is 2.67 bits per heavy atom. The molecular weight excluding hydrogens is 414 g/mol. The van der Waals surface area contributed by atoms with Gasteiger partial charge in [0.2, 0.25) is 0 Å². The summed E-state index contributed by atoms with van der Waals surface area (Å²) in [6.45, 7) is 3.54. The van der Waals surface area contributed by atoms with Crippen LogP contribution in [0.15, 0.2) is 53.6 Å². The summed E-state index contributed by atoms with van der Waals surface area (Å²) in [5, 5.41) is 14.2. The molecule has 0 bridgehead atoms. The minimum absolute atomic E-state index is 0.0917. The van der Waals surface area contributed by atoms with E-state index < -0.39 is 0 Å². The van der Waals surface area contributed by atoms with Crippen molar-refractivity contribution in [1.29, 1.82) is 0 Å². The fraction of sp³-hybridized carbons (Fsp3) is 0.400. The Balaban J connectivity index is 1.39. The minimum atomic E-state index is 0.0917. The zero-order valence-electron chi connectivity index (χ0n) is 18.9. The third-order valence-corrected chi connectivity index (χ3v) is 6.36. The molecule has 1 saturated carbocycles. The van der Waals surface area contributed by atoms with Gasteiger partial charge in [-0.15, -0.1) is 5.10 Å². The number of aryl methyl sites for hydroxylation is 2. The summed E-state index contributed by atoms with van der Waals surface area (Å²) < 4.78 is 3.83. The van der Waals surface area contributed by atoms with E-state index in [0.717, 1.165) is 66.2 Å². The number of aromatic nitrogens is 7. The van der Waals surface area contributed by atoms with Crippen LogP contribution in [0.3, 0.4) is 0 Å². The van der Waals surface area contributed by atoms with Crippen LogP contribution in [0.2, 0.25) is 0 Å². The number of hydrogen-bond donors (Lipinski definition) is 1. The van der Waals surface area contributed by atoms with Gasteiger partial charge in [-0.1, -0.05) is 56.5 Å². The zero-order chi connectivity index (χ0) is 22.6. The number of H-pyrrole nitrogens is 1. The molecule has 0 aliphatic heterocycles. The van der Waals surface area contributed by atoms with Crippen molar-refractivity contribution in [3.05, 3.63) is 70.5 Å². The van der Waals surface area contributed by atoms with Crippen LogP contribution in [0, 0.1) is 5.92 Å². The van der Waals surface area contributed by atoms with E-state index >= 15 is 0 Å². The van der Waals surface area contributed by atoms with E-state index in [1.54, 1.807) is 0 Å². The molecule has 170 valence electrons. The first-order chi connectivity index (χ1) is 16.2. The van der Waals surface area contributed by atoms with Crippen molar-refractivity contribution in [2.24, 2.45) is 5.92 Å². The second-order valence-electron chi connectivity index (χ2n) is 8.87. The molecule has 0 saturated heterocycles. The van der Waals surface area contributed by atoms with E-state index in [-0.39, 0.29) is 5.69 Å². The molecule has 33 heavy (non-hydrogen) atoms. The maximum Gasteiger partial charge on any atom is 0.328 e. The van der Waals surface area contributed by atoms with E-state index in [0.29, 0.717) is 12.4 Å². The number of nitrogens with zero attached hydrogens (tertiary/aromatic N) is 6. The predicted octanol–water partition coefficient (Wildman–Crippen LogP) is 4.08. The lowest BCUT2D eigenvalue weighted by Gasteiger charge is -2.09. The summed E-state index contributed by atoms with van der Waals surface area (Å²) in [6, 6.07) is 12.0. The van der Waals surface area contributed by atoms with Gasteiger partial charge in [0.1, 0.15) is 0 Å². The van der Waals surface area contributed by atoms with Gasteiger partial charge >= 0.3 is 5.69 Å². The Hall–Kier alpha value is -3.55. The zero-order valence-corrected chi connectivity index (χ0v) is 18.9. The van der Waals surface area contributed by atoms with Crippen LogP contribution in [-0.4, -0.2) is 34.7 Å². The first kappa shape index (κ1) is 21.3. The molecule has 0 atom stereocenters. The van der Waals surface area contributed by atoms with Crippen LogP contribution < -0.4 is 5.69 Å². The summed E-state index contributed by atoms with van der Waals surface area (Å²) in [5.74, 6) is 1.42. The highest BCUT2D eigenvalue weighted by atomic mass is 16.1. The van der Waals surface area contributed by atoms with E-state index in [4.69, 9.17) is 4.98 Å². The van der Waals surface area contributed by atoms with Crippen LogP contribution in [0.25, 0.3) is 22.6 Å². The highest BCUT2D eigenvalue weighted by molar-refractivity contribution is 5.78. The van der Waals surface area contributed by atoms with Crippen molar-refractivity contribution in [2.75, 3.05) is 0 Å². The average molecular weight is 444 g/mol. The van der Waals surface area contributed by atoms with Crippen LogP contribution >= 0.6 is 0 Å². The molecule has 1 aliphatic carbocycles. The second-order valence-corrected chi connectivity index (χ2v) is 8.87. The first-order valence-corrected chi connectivity index (χ1v) is 11.8. The van der Waals surface area contributed by atoms with Crippen molar-refractivity contribution in [1.82, 2.24) is 34.7 Å². The number of unbranched alkanes of at least 4 members (excludes halogenated alkanes) is 1.